The standard InChI is InChI=1S/C19H20N2O3S2/c22-19(14-6-2-1-3-7-14)20-15-10-12-16(13-11-15)21-25-17-8-4-5-9-18(17)26(21,23)24/h4-5,8-14H,1-3,6-7H2,(H,20,22). The van der Waals surface area contributed by atoms with Crippen LogP contribution in [0.15, 0.2) is 58.3 Å². The number of nitrogens with zero attached hydrogens (tertiary/aromatic N) is 1. The van der Waals surface area contributed by atoms with Crippen LogP contribution < -0.4 is 9.03 Å². The Hall–Kier alpha value is -1.99. The number of hydrogen-bond acceptors (Lipinski definition) is 4. The molecule has 2 aromatic carbocycles. The zero-order chi connectivity index (χ0) is 18.1. The quantitative estimate of drug-likeness (QED) is 0.791. The summed E-state index contributed by atoms with van der Waals surface area (Å²) in [6.07, 6.45) is 5.34. The highest BCUT2D eigenvalue weighted by molar-refractivity contribution is 8.17. The number of fused-ring (bicyclic) bond motifs is 1. The first kappa shape index (κ1) is 17.4. The van der Waals surface area contributed by atoms with E-state index in [0.717, 1.165) is 30.6 Å². The van der Waals surface area contributed by atoms with E-state index in [2.05, 4.69) is 5.32 Å². The van der Waals surface area contributed by atoms with Crippen molar-refractivity contribution in [3.8, 4) is 0 Å². The lowest BCUT2D eigenvalue weighted by Crippen LogP contribution is -2.24. The second-order valence-electron chi connectivity index (χ2n) is 6.64. The SMILES string of the molecule is O=C(Nc1ccc(N2Sc3ccccc3S2(=O)=O)cc1)C1CCCCC1. The van der Waals surface area contributed by atoms with Gasteiger partial charge in [-0.05, 0) is 49.2 Å². The summed E-state index contributed by atoms with van der Waals surface area (Å²) in [5, 5.41) is 2.95. The Labute approximate surface area is 158 Å². The van der Waals surface area contributed by atoms with Gasteiger partial charge in [0.05, 0.1) is 10.6 Å². The van der Waals surface area contributed by atoms with Gasteiger partial charge in [-0.15, -0.1) is 0 Å². The lowest BCUT2D eigenvalue weighted by molar-refractivity contribution is -0.120. The molecule has 136 valence electrons. The molecule has 0 atom stereocenters. The molecule has 5 nitrogen and oxygen atoms in total. The number of amides is 1. The van der Waals surface area contributed by atoms with E-state index >= 15 is 0 Å². The Morgan fingerprint density at radius 2 is 1.69 bits per heavy atom. The summed E-state index contributed by atoms with van der Waals surface area (Å²) in [5.41, 5.74) is 1.27. The van der Waals surface area contributed by atoms with E-state index in [9.17, 15) is 13.2 Å². The predicted molar refractivity (Wildman–Crippen MR) is 104 cm³/mol. The molecule has 7 heteroatoms. The minimum Gasteiger partial charge on any atom is -0.326 e. The summed E-state index contributed by atoms with van der Waals surface area (Å²) in [5.74, 6) is 0.153. The fraction of sp³-hybridized carbons (Fsp3) is 0.316. The summed E-state index contributed by atoms with van der Waals surface area (Å²) in [6.45, 7) is 0. The van der Waals surface area contributed by atoms with Gasteiger partial charge in [-0.2, -0.15) is 0 Å². The highest BCUT2D eigenvalue weighted by atomic mass is 32.3. The van der Waals surface area contributed by atoms with Gasteiger partial charge in [-0.3, -0.25) is 4.79 Å². The van der Waals surface area contributed by atoms with Crippen LogP contribution >= 0.6 is 11.9 Å². The van der Waals surface area contributed by atoms with Crippen molar-refractivity contribution < 1.29 is 13.2 Å². The molecular formula is C19H20N2O3S2. The molecule has 0 saturated heterocycles. The van der Waals surface area contributed by atoms with Gasteiger partial charge < -0.3 is 5.32 Å². The van der Waals surface area contributed by atoms with E-state index in [0.29, 0.717) is 16.3 Å². The molecule has 1 fully saturated rings. The predicted octanol–water partition coefficient (Wildman–Crippen LogP) is 4.42. The Kier molecular flexibility index (Phi) is 4.67. The number of carbonyl (C=O) groups is 1. The average Bonchev–Trinajstić information content (AvgIpc) is 2.94. The van der Waals surface area contributed by atoms with Gasteiger partial charge >= 0.3 is 0 Å². The molecule has 2 aromatic rings. The second-order valence-corrected chi connectivity index (χ2v) is 9.62. The van der Waals surface area contributed by atoms with Crippen molar-refractivity contribution in [3.05, 3.63) is 48.5 Å². The minimum absolute atomic E-state index is 0.0630. The smallest absolute Gasteiger partial charge is 0.275 e. The number of rotatable bonds is 3. The lowest BCUT2D eigenvalue weighted by atomic mass is 9.88. The molecule has 1 saturated carbocycles. The van der Waals surface area contributed by atoms with Crippen molar-refractivity contribution in [1.29, 1.82) is 0 Å². The third-order valence-corrected chi connectivity index (χ3v) is 8.28. The zero-order valence-corrected chi connectivity index (χ0v) is 15.9. The van der Waals surface area contributed by atoms with Crippen LogP contribution in [0.1, 0.15) is 32.1 Å². The maximum absolute atomic E-state index is 12.7. The molecule has 0 bridgehead atoms. The first-order valence-electron chi connectivity index (χ1n) is 8.79. The van der Waals surface area contributed by atoms with Crippen LogP contribution in [0.2, 0.25) is 0 Å². The van der Waals surface area contributed by atoms with Gasteiger partial charge in [0.1, 0.15) is 4.90 Å². The summed E-state index contributed by atoms with van der Waals surface area (Å²) < 4.78 is 26.7. The first-order valence-corrected chi connectivity index (χ1v) is 11.0. The number of hydrogen-bond donors (Lipinski definition) is 1. The van der Waals surface area contributed by atoms with Gasteiger partial charge in [0.15, 0.2) is 0 Å². The number of anilines is 2. The van der Waals surface area contributed by atoms with E-state index in [4.69, 9.17) is 0 Å². The molecule has 1 heterocycles. The second kappa shape index (κ2) is 6.96. The normalized spacial score (nSPS) is 19.2. The first-order chi connectivity index (χ1) is 12.6. The number of benzene rings is 2. The molecule has 1 aliphatic carbocycles. The topological polar surface area (TPSA) is 66.5 Å². The molecule has 26 heavy (non-hydrogen) atoms. The molecule has 0 unspecified atom stereocenters. The van der Waals surface area contributed by atoms with Crippen molar-refractivity contribution in [2.24, 2.45) is 5.92 Å². The van der Waals surface area contributed by atoms with Gasteiger partial charge in [0.2, 0.25) is 5.91 Å². The summed E-state index contributed by atoms with van der Waals surface area (Å²) in [6, 6.07) is 14.0. The van der Waals surface area contributed by atoms with Crippen LogP contribution in [0.4, 0.5) is 11.4 Å². The average molecular weight is 389 g/mol. The summed E-state index contributed by atoms with van der Waals surface area (Å²) in [4.78, 5) is 13.4. The lowest BCUT2D eigenvalue weighted by Gasteiger charge is -2.21. The summed E-state index contributed by atoms with van der Waals surface area (Å²) in [7, 11) is -3.54. The number of nitrogens with one attached hydrogen (secondary N) is 1. The van der Waals surface area contributed by atoms with Crippen molar-refractivity contribution in [3.63, 3.8) is 0 Å². The van der Waals surface area contributed by atoms with Crippen LogP contribution in [0.25, 0.3) is 0 Å². The molecule has 0 spiro atoms. The Morgan fingerprint density at radius 1 is 1.00 bits per heavy atom. The largest absolute Gasteiger partial charge is 0.326 e. The Bertz CT molecular complexity index is 920. The van der Waals surface area contributed by atoms with Crippen LogP contribution in [0.5, 0.6) is 0 Å². The van der Waals surface area contributed by atoms with Crippen molar-refractivity contribution in [1.82, 2.24) is 0 Å². The molecule has 0 radical (unpaired) electrons. The van der Waals surface area contributed by atoms with Gasteiger partial charge in [-0.1, -0.05) is 31.4 Å². The van der Waals surface area contributed by atoms with Crippen LogP contribution in [0.3, 0.4) is 0 Å². The maximum atomic E-state index is 12.7. The van der Waals surface area contributed by atoms with Gasteiger partial charge in [0, 0.05) is 23.6 Å². The minimum atomic E-state index is -3.54. The van der Waals surface area contributed by atoms with Gasteiger partial charge in [0.25, 0.3) is 10.0 Å². The Balaban J connectivity index is 1.49. The fourth-order valence-corrected chi connectivity index (χ4v) is 6.59. The third kappa shape index (κ3) is 3.21. The Morgan fingerprint density at radius 3 is 2.38 bits per heavy atom. The summed E-state index contributed by atoms with van der Waals surface area (Å²) >= 11 is 1.20. The van der Waals surface area contributed by atoms with E-state index in [1.807, 2.05) is 6.07 Å². The van der Waals surface area contributed by atoms with Crippen molar-refractivity contribution in [2.75, 3.05) is 9.03 Å². The molecule has 1 aliphatic heterocycles. The monoisotopic (exact) mass is 388 g/mol. The van der Waals surface area contributed by atoms with Crippen LogP contribution in [0, 0.1) is 5.92 Å². The van der Waals surface area contributed by atoms with Crippen LogP contribution in [-0.4, -0.2) is 14.3 Å². The number of carbonyl (C=O) groups excluding carboxylic acids is 1. The molecule has 0 aromatic heterocycles. The number of sulfonamides is 1. The van der Waals surface area contributed by atoms with E-state index in [1.54, 1.807) is 42.5 Å². The van der Waals surface area contributed by atoms with Gasteiger partial charge in [-0.25, -0.2) is 12.1 Å². The molecule has 2 aliphatic rings. The molecule has 4 rings (SSSR count). The fourth-order valence-electron chi connectivity index (χ4n) is 3.43. The highest BCUT2D eigenvalue weighted by Crippen LogP contribution is 2.44. The van der Waals surface area contributed by atoms with Crippen LogP contribution in [-0.2, 0) is 14.8 Å². The van der Waals surface area contributed by atoms with Crippen molar-refractivity contribution >= 4 is 39.3 Å². The maximum Gasteiger partial charge on any atom is 0.275 e. The third-order valence-electron chi connectivity index (χ3n) is 4.85. The molecule has 1 N–H and O–H groups in total. The van der Waals surface area contributed by atoms with E-state index < -0.39 is 10.0 Å². The zero-order valence-electron chi connectivity index (χ0n) is 14.2. The molecular weight excluding hydrogens is 368 g/mol. The van der Waals surface area contributed by atoms with E-state index in [1.165, 1.54) is 22.1 Å². The highest BCUT2D eigenvalue weighted by Gasteiger charge is 2.35. The molecule has 1 amide bonds. The van der Waals surface area contributed by atoms with Crippen molar-refractivity contribution in [2.45, 2.75) is 41.9 Å². The van der Waals surface area contributed by atoms with E-state index in [-0.39, 0.29) is 11.8 Å².